The van der Waals surface area contributed by atoms with Gasteiger partial charge in [-0.2, -0.15) is 0 Å². The Bertz CT molecular complexity index is 441. The van der Waals surface area contributed by atoms with Crippen molar-refractivity contribution in [3.63, 3.8) is 0 Å². The van der Waals surface area contributed by atoms with Crippen molar-refractivity contribution in [2.24, 2.45) is 0 Å². The van der Waals surface area contributed by atoms with E-state index >= 15 is 0 Å². The normalized spacial score (nSPS) is 19.7. The van der Waals surface area contributed by atoms with Crippen molar-refractivity contribution in [3.05, 3.63) is 27.7 Å². The van der Waals surface area contributed by atoms with E-state index < -0.39 is 6.10 Å². The first kappa shape index (κ1) is 12.5. The molecule has 1 aromatic carbocycles. The van der Waals surface area contributed by atoms with Crippen LogP contribution in [0.4, 0.5) is 0 Å². The molecule has 92 valence electrons. The lowest BCUT2D eigenvalue weighted by Crippen LogP contribution is -2.29. The number of nitrogens with zero attached hydrogens (tertiary/aromatic N) is 1. The highest BCUT2D eigenvalue weighted by atomic mass is 35.5. The van der Waals surface area contributed by atoms with Crippen molar-refractivity contribution in [3.8, 4) is 5.75 Å². The summed E-state index contributed by atoms with van der Waals surface area (Å²) in [5.41, 5.74) is 0.0326. The van der Waals surface area contributed by atoms with Gasteiger partial charge in [-0.1, -0.05) is 23.2 Å². The molecule has 6 heteroatoms. The molecule has 1 fully saturated rings. The average molecular weight is 276 g/mol. The van der Waals surface area contributed by atoms with Gasteiger partial charge >= 0.3 is 0 Å². The van der Waals surface area contributed by atoms with Crippen molar-refractivity contribution >= 4 is 29.1 Å². The van der Waals surface area contributed by atoms with Gasteiger partial charge in [-0.25, -0.2) is 0 Å². The number of amides is 1. The largest absolute Gasteiger partial charge is 0.507 e. The van der Waals surface area contributed by atoms with Gasteiger partial charge in [0.1, 0.15) is 5.75 Å². The first-order chi connectivity index (χ1) is 7.99. The molecule has 0 radical (unpaired) electrons. The second-order valence-electron chi connectivity index (χ2n) is 3.98. The number of carbonyl (C=O) groups is 1. The number of rotatable bonds is 1. The van der Waals surface area contributed by atoms with Gasteiger partial charge in [0.05, 0.1) is 16.7 Å². The summed E-state index contributed by atoms with van der Waals surface area (Å²) in [5, 5.41) is 19.4. The lowest BCUT2D eigenvalue weighted by Gasteiger charge is -2.17. The molecule has 2 N–H and O–H groups in total. The molecular weight excluding hydrogens is 265 g/mol. The van der Waals surface area contributed by atoms with E-state index in [-0.39, 0.29) is 33.8 Å². The number of phenolic OH excluding ortho intramolecular Hbond substituents is 1. The number of carbonyl (C=O) groups excluding carboxylic acids is 1. The van der Waals surface area contributed by atoms with Crippen LogP contribution in [0.1, 0.15) is 16.8 Å². The number of halogens is 2. The second-order valence-corrected chi connectivity index (χ2v) is 4.82. The van der Waals surface area contributed by atoms with Crippen LogP contribution in [0.2, 0.25) is 10.0 Å². The highest BCUT2D eigenvalue weighted by molar-refractivity contribution is 6.37. The lowest BCUT2D eigenvalue weighted by molar-refractivity contribution is 0.0762. The van der Waals surface area contributed by atoms with Gasteiger partial charge in [0.25, 0.3) is 5.91 Å². The maximum Gasteiger partial charge on any atom is 0.259 e. The smallest absolute Gasteiger partial charge is 0.259 e. The first-order valence-electron chi connectivity index (χ1n) is 5.14. The highest BCUT2D eigenvalue weighted by Gasteiger charge is 2.28. The number of aromatic hydroxyl groups is 1. The van der Waals surface area contributed by atoms with Crippen molar-refractivity contribution in [2.45, 2.75) is 12.5 Å². The number of hydrogen-bond acceptors (Lipinski definition) is 3. The van der Waals surface area contributed by atoms with Gasteiger partial charge in [0.15, 0.2) is 0 Å². The fraction of sp³-hybridized carbons (Fsp3) is 0.364. The SMILES string of the molecule is O=C(c1c(O)cc(Cl)cc1Cl)N1CC[C@@H](O)C1. The Hall–Kier alpha value is -0.970. The van der Waals surface area contributed by atoms with E-state index in [1.165, 1.54) is 17.0 Å². The zero-order valence-corrected chi connectivity index (χ0v) is 10.4. The monoisotopic (exact) mass is 275 g/mol. The summed E-state index contributed by atoms with van der Waals surface area (Å²) in [6.45, 7) is 0.718. The van der Waals surface area contributed by atoms with Gasteiger partial charge in [-0.05, 0) is 18.6 Å². The quantitative estimate of drug-likeness (QED) is 0.823. The van der Waals surface area contributed by atoms with E-state index in [0.29, 0.717) is 13.0 Å². The Morgan fingerprint density at radius 2 is 2.12 bits per heavy atom. The molecule has 1 saturated heterocycles. The zero-order chi connectivity index (χ0) is 12.6. The number of hydrogen-bond donors (Lipinski definition) is 2. The first-order valence-corrected chi connectivity index (χ1v) is 5.90. The van der Waals surface area contributed by atoms with Gasteiger partial charge in [-0.3, -0.25) is 4.79 Å². The number of benzene rings is 1. The Balaban J connectivity index is 2.31. The van der Waals surface area contributed by atoms with Crippen molar-refractivity contribution in [1.29, 1.82) is 0 Å². The van der Waals surface area contributed by atoms with Crippen LogP contribution < -0.4 is 0 Å². The summed E-state index contributed by atoms with van der Waals surface area (Å²) < 4.78 is 0. The Kier molecular flexibility index (Phi) is 3.47. The fourth-order valence-corrected chi connectivity index (χ4v) is 2.42. The van der Waals surface area contributed by atoms with E-state index in [0.717, 1.165) is 0 Å². The third-order valence-electron chi connectivity index (χ3n) is 2.70. The molecule has 0 aromatic heterocycles. The summed E-state index contributed by atoms with van der Waals surface area (Å²) in [4.78, 5) is 13.5. The maximum absolute atomic E-state index is 12.1. The van der Waals surface area contributed by atoms with E-state index in [2.05, 4.69) is 0 Å². The maximum atomic E-state index is 12.1. The Morgan fingerprint density at radius 3 is 2.65 bits per heavy atom. The zero-order valence-electron chi connectivity index (χ0n) is 8.86. The summed E-state index contributed by atoms with van der Waals surface area (Å²) in [7, 11) is 0. The summed E-state index contributed by atoms with van der Waals surface area (Å²) in [6, 6.07) is 2.68. The Labute approximate surface area is 108 Å². The van der Waals surface area contributed by atoms with Crippen molar-refractivity contribution in [1.82, 2.24) is 4.90 Å². The van der Waals surface area contributed by atoms with E-state index in [1.54, 1.807) is 0 Å². The average Bonchev–Trinajstić information content (AvgIpc) is 2.63. The van der Waals surface area contributed by atoms with Crippen LogP contribution in [0.3, 0.4) is 0 Å². The standard InChI is InChI=1S/C11H11Cl2NO3/c12-6-3-8(13)10(9(16)4-6)11(17)14-2-1-7(15)5-14/h3-4,7,15-16H,1-2,5H2/t7-/m1/s1. The van der Waals surface area contributed by atoms with Crippen LogP contribution in [0.5, 0.6) is 5.75 Å². The fourth-order valence-electron chi connectivity index (χ4n) is 1.86. The van der Waals surface area contributed by atoms with Crippen LogP contribution in [0, 0.1) is 0 Å². The van der Waals surface area contributed by atoms with Crippen molar-refractivity contribution < 1.29 is 15.0 Å². The number of likely N-dealkylation sites (tertiary alicyclic amines) is 1. The molecule has 17 heavy (non-hydrogen) atoms. The highest BCUT2D eigenvalue weighted by Crippen LogP contribution is 2.31. The number of aliphatic hydroxyl groups is 1. The topological polar surface area (TPSA) is 60.8 Å². The molecule has 1 atom stereocenters. The van der Waals surface area contributed by atoms with Gasteiger partial charge < -0.3 is 15.1 Å². The van der Waals surface area contributed by atoms with Crippen LogP contribution in [0.15, 0.2) is 12.1 Å². The number of aliphatic hydroxyl groups excluding tert-OH is 1. The third-order valence-corrected chi connectivity index (χ3v) is 3.21. The van der Waals surface area contributed by atoms with Crippen LogP contribution in [-0.2, 0) is 0 Å². The van der Waals surface area contributed by atoms with Gasteiger partial charge in [-0.15, -0.1) is 0 Å². The molecule has 1 aromatic rings. The predicted octanol–water partition coefficient (Wildman–Crippen LogP) is 1.91. The molecule has 1 amide bonds. The molecule has 1 aliphatic rings. The molecular formula is C11H11Cl2NO3. The van der Waals surface area contributed by atoms with Gasteiger partial charge in [0, 0.05) is 18.1 Å². The molecule has 2 rings (SSSR count). The van der Waals surface area contributed by atoms with Crippen LogP contribution in [-0.4, -0.2) is 40.2 Å². The van der Waals surface area contributed by atoms with Crippen molar-refractivity contribution in [2.75, 3.05) is 13.1 Å². The predicted molar refractivity (Wildman–Crippen MR) is 64.7 cm³/mol. The molecule has 4 nitrogen and oxygen atoms in total. The lowest BCUT2D eigenvalue weighted by atomic mass is 10.1. The minimum Gasteiger partial charge on any atom is -0.507 e. The van der Waals surface area contributed by atoms with E-state index in [9.17, 15) is 15.0 Å². The summed E-state index contributed by atoms with van der Waals surface area (Å²) in [5.74, 6) is -0.630. The summed E-state index contributed by atoms with van der Waals surface area (Å²) in [6.07, 6.45) is 0.0321. The van der Waals surface area contributed by atoms with E-state index in [1.807, 2.05) is 0 Å². The second kappa shape index (κ2) is 4.72. The van der Waals surface area contributed by atoms with E-state index in [4.69, 9.17) is 23.2 Å². The number of phenols is 1. The van der Waals surface area contributed by atoms with Crippen LogP contribution in [0.25, 0.3) is 0 Å². The molecule has 1 aliphatic heterocycles. The summed E-state index contributed by atoms with van der Waals surface area (Å²) >= 11 is 11.6. The number of β-amino-alcohol motifs (C(OH)–C–C–N with tert-alkyl or cyclic N) is 1. The van der Waals surface area contributed by atoms with Crippen LogP contribution >= 0.6 is 23.2 Å². The molecule has 0 bridgehead atoms. The van der Waals surface area contributed by atoms with Gasteiger partial charge in [0.2, 0.25) is 0 Å². The third kappa shape index (κ3) is 2.49. The molecule has 0 aliphatic carbocycles. The minimum absolute atomic E-state index is 0.0326. The molecule has 0 spiro atoms. The minimum atomic E-state index is -0.507. The molecule has 1 heterocycles. The molecule has 0 saturated carbocycles. The molecule has 0 unspecified atom stereocenters. The Morgan fingerprint density at radius 1 is 1.41 bits per heavy atom.